The fourth-order valence-corrected chi connectivity index (χ4v) is 9.69. The van der Waals surface area contributed by atoms with Crippen LogP contribution < -0.4 is 30.9 Å². The number of pyridine rings is 1. The Balaban J connectivity index is 0.774. The summed E-state index contributed by atoms with van der Waals surface area (Å²) in [5.41, 5.74) is 3.52. The van der Waals surface area contributed by atoms with E-state index in [0.29, 0.717) is 53.1 Å². The standard InChI is InChI=1S/C57H62FN7O9/c1-6-15-33(3)35(5)64-31-43(52(68)42-27-36(7-2)17-21-46(42)64)53(69)62-38-19-23-48(44(58)29-38)74-55-41-26-34(4)49(30-45(41)59-32-60-55)73-25-14-12-10-8-9-11-13-16-50(66)61-37-18-20-39-40(28-37)57(72)65(56(39)71)47-22-24-51(67)63-54(47)70/h17-21,23,26-33,35,47H,6-16,22,24-25H2,1-5H3,(H,61,66)(H,62,69)(H,63,67,70). The van der Waals surface area contributed by atoms with Gasteiger partial charge in [0.2, 0.25) is 29.0 Å². The number of rotatable bonds is 22. The second kappa shape index (κ2) is 23.4. The highest BCUT2D eigenvalue weighted by Gasteiger charge is 2.44. The second-order valence-electron chi connectivity index (χ2n) is 19.3. The summed E-state index contributed by atoms with van der Waals surface area (Å²) in [7, 11) is 0. The molecule has 3 N–H and O–H groups in total. The smallest absolute Gasteiger partial charge is 0.262 e. The molecule has 3 unspecified atom stereocenters. The predicted octanol–water partition coefficient (Wildman–Crippen LogP) is 10.5. The van der Waals surface area contributed by atoms with E-state index in [9.17, 15) is 33.6 Å². The molecule has 0 saturated carbocycles. The average Bonchev–Trinajstić information content (AvgIpc) is 3.62. The van der Waals surface area contributed by atoms with Crippen molar-refractivity contribution in [2.24, 2.45) is 5.92 Å². The molecule has 2 aliphatic heterocycles. The van der Waals surface area contributed by atoms with Crippen LogP contribution >= 0.6 is 0 Å². The number of hydrogen-bond donors (Lipinski definition) is 3. The summed E-state index contributed by atoms with van der Waals surface area (Å²) >= 11 is 0. The van der Waals surface area contributed by atoms with Gasteiger partial charge in [0, 0.05) is 54.0 Å². The molecule has 0 bridgehead atoms. The molecular weight excluding hydrogens is 946 g/mol. The van der Waals surface area contributed by atoms with Gasteiger partial charge < -0.3 is 24.7 Å². The first-order valence-electron chi connectivity index (χ1n) is 25.7. The first-order chi connectivity index (χ1) is 35.6. The summed E-state index contributed by atoms with van der Waals surface area (Å²) in [6.07, 6.45) is 12.4. The van der Waals surface area contributed by atoms with Gasteiger partial charge in [-0.2, -0.15) is 0 Å². The van der Waals surface area contributed by atoms with E-state index in [1.807, 2.05) is 48.7 Å². The third kappa shape index (κ3) is 11.7. The van der Waals surface area contributed by atoms with Gasteiger partial charge in [-0.05, 0) is 112 Å². The molecule has 1 fully saturated rings. The number of aromatic nitrogens is 3. The Morgan fingerprint density at radius 3 is 2.28 bits per heavy atom. The SMILES string of the molecule is CCCC(C)C(C)n1cc(C(=O)Nc2ccc(Oc3ncnc4cc(OCCCCCCCCCC(=O)Nc5ccc6c(c5)C(=O)N(C5CCC(=O)NC5=O)C6=O)c(C)cc34)c(F)c2)c(=O)c2cc(CC)ccc21. The largest absolute Gasteiger partial charge is 0.493 e. The Morgan fingerprint density at radius 2 is 1.54 bits per heavy atom. The van der Waals surface area contributed by atoms with Crippen molar-refractivity contribution < 1.29 is 42.6 Å². The number of anilines is 2. The van der Waals surface area contributed by atoms with Crippen molar-refractivity contribution in [3.05, 3.63) is 123 Å². The minimum Gasteiger partial charge on any atom is -0.493 e. The van der Waals surface area contributed by atoms with E-state index in [4.69, 9.17) is 9.47 Å². The van der Waals surface area contributed by atoms with Crippen molar-refractivity contribution in [2.75, 3.05) is 17.2 Å². The molecule has 0 radical (unpaired) electrons. The zero-order chi connectivity index (χ0) is 52.6. The first kappa shape index (κ1) is 52.5. The Labute approximate surface area is 428 Å². The maximum Gasteiger partial charge on any atom is 0.262 e. The number of aryl methyl sites for hydroxylation is 2. The molecule has 16 nitrogen and oxygen atoms in total. The quantitative estimate of drug-likeness (QED) is 0.0430. The molecule has 8 rings (SSSR count). The number of carbonyl (C=O) groups is 6. The molecule has 0 spiro atoms. The summed E-state index contributed by atoms with van der Waals surface area (Å²) in [4.78, 5) is 99.8. The van der Waals surface area contributed by atoms with Crippen LogP contribution in [0.5, 0.6) is 17.4 Å². The van der Waals surface area contributed by atoms with Crippen LogP contribution in [0.2, 0.25) is 0 Å². The van der Waals surface area contributed by atoms with Gasteiger partial charge in [0.1, 0.15) is 23.7 Å². The summed E-state index contributed by atoms with van der Waals surface area (Å²) in [6, 6.07) is 17.0. The summed E-state index contributed by atoms with van der Waals surface area (Å²) in [5.74, 6) is -2.95. The lowest BCUT2D eigenvalue weighted by Crippen LogP contribution is -2.54. The van der Waals surface area contributed by atoms with Gasteiger partial charge >= 0.3 is 0 Å². The fourth-order valence-electron chi connectivity index (χ4n) is 9.69. The van der Waals surface area contributed by atoms with Crippen molar-refractivity contribution >= 4 is 68.6 Å². The maximum absolute atomic E-state index is 15.7. The van der Waals surface area contributed by atoms with Gasteiger partial charge in [-0.1, -0.05) is 65.4 Å². The lowest BCUT2D eigenvalue weighted by molar-refractivity contribution is -0.136. The Hall–Kier alpha value is -7.82. The molecule has 3 atom stereocenters. The molecule has 4 heterocycles. The number of nitrogens with one attached hydrogen (secondary N) is 3. The normalized spacial score (nSPS) is 15.3. The maximum atomic E-state index is 15.7. The molecule has 17 heteroatoms. The summed E-state index contributed by atoms with van der Waals surface area (Å²) in [6.45, 7) is 10.8. The third-order valence-corrected chi connectivity index (χ3v) is 14.1. The van der Waals surface area contributed by atoms with Crippen molar-refractivity contribution in [3.63, 3.8) is 0 Å². The zero-order valence-electron chi connectivity index (χ0n) is 42.5. The number of carbonyl (C=O) groups excluding carboxylic acids is 6. The van der Waals surface area contributed by atoms with Crippen LogP contribution in [-0.4, -0.2) is 67.5 Å². The molecule has 4 aromatic carbocycles. The second-order valence-corrected chi connectivity index (χ2v) is 19.3. The Kier molecular flexibility index (Phi) is 16.6. The van der Waals surface area contributed by atoms with Gasteiger partial charge in [0.25, 0.3) is 17.7 Å². The van der Waals surface area contributed by atoms with Crippen LogP contribution in [0.1, 0.15) is 153 Å². The number of hydrogen-bond acceptors (Lipinski definition) is 11. The molecule has 2 aliphatic rings. The monoisotopic (exact) mass is 1010 g/mol. The molecule has 1 saturated heterocycles. The number of nitrogens with zero attached hydrogens (tertiary/aromatic N) is 4. The number of piperidine rings is 1. The minimum atomic E-state index is -1.06. The number of unbranched alkanes of at least 4 members (excludes halogenated alkanes) is 6. The molecular formula is C57H62FN7O9. The van der Waals surface area contributed by atoms with Crippen LogP contribution in [0, 0.1) is 18.7 Å². The van der Waals surface area contributed by atoms with E-state index in [2.05, 4.69) is 46.7 Å². The van der Waals surface area contributed by atoms with Crippen molar-refractivity contribution in [1.82, 2.24) is 24.8 Å². The Bertz CT molecular complexity index is 3230. The predicted molar refractivity (Wildman–Crippen MR) is 279 cm³/mol. The van der Waals surface area contributed by atoms with E-state index in [-0.39, 0.29) is 64.2 Å². The topological polar surface area (TPSA) is 208 Å². The average molecular weight is 1010 g/mol. The lowest BCUT2D eigenvalue weighted by Gasteiger charge is -2.27. The number of halogens is 1. The first-order valence-corrected chi connectivity index (χ1v) is 25.7. The highest BCUT2D eigenvalue weighted by atomic mass is 19.1. The highest BCUT2D eigenvalue weighted by molar-refractivity contribution is 6.24. The van der Waals surface area contributed by atoms with E-state index in [1.54, 1.807) is 12.3 Å². The van der Waals surface area contributed by atoms with E-state index in [1.165, 1.54) is 30.6 Å². The molecule has 2 aromatic heterocycles. The molecule has 74 heavy (non-hydrogen) atoms. The van der Waals surface area contributed by atoms with Gasteiger partial charge in [-0.3, -0.25) is 43.8 Å². The van der Waals surface area contributed by atoms with E-state index >= 15 is 4.39 Å². The molecule has 386 valence electrons. The van der Waals surface area contributed by atoms with E-state index in [0.717, 1.165) is 85.4 Å². The number of fused-ring (bicyclic) bond motifs is 3. The minimum absolute atomic E-state index is 0.0148. The van der Waals surface area contributed by atoms with Gasteiger partial charge in [-0.15, -0.1) is 0 Å². The lowest BCUT2D eigenvalue weighted by atomic mass is 9.96. The molecule has 0 aliphatic carbocycles. The van der Waals surface area contributed by atoms with Crippen LogP contribution in [0.15, 0.2) is 84.0 Å². The molecule has 6 aromatic rings. The number of ether oxygens (including phenoxy) is 2. The van der Waals surface area contributed by atoms with Crippen LogP contribution in [0.3, 0.4) is 0 Å². The molecule has 6 amide bonds. The van der Waals surface area contributed by atoms with Gasteiger partial charge in [0.05, 0.1) is 34.2 Å². The zero-order valence-corrected chi connectivity index (χ0v) is 42.5. The number of amides is 6. The van der Waals surface area contributed by atoms with Crippen LogP contribution in [0.25, 0.3) is 21.8 Å². The number of imide groups is 2. The number of benzene rings is 4. The van der Waals surface area contributed by atoms with E-state index < -0.39 is 41.4 Å². The van der Waals surface area contributed by atoms with Gasteiger partial charge in [-0.25, -0.2) is 14.4 Å². The summed E-state index contributed by atoms with van der Waals surface area (Å²) < 4.78 is 29.8. The van der Waals surface area contributed by atoms with Crippen molar-refractivity contribution in [1.29, 1.82) is 0 Å². The summed E-state index contributed by atoms with van der Waals surface area (Å²) in [5, 5.41) is 8.74. The fraction of sp³-hybridized carbons (Fsp3) is 0.386. The Morgan fingerprint density at radius 1 is 0.811 bits per heavy atom. The highest BCUT2D eigenvalue weighted by Crippen LogP contribution is 2.35. The third-order valence-electron chi connectivity index (χ3n) is 14.1. The van der Waals surface area contributed by atoms with Crippen molar-refractivity contribution in [2.45, 2.75) is 130 Å². The van der Waals surface area contributed by atoms with Gasteiger partial charge in [0.15, 0.2) is 11.6 Å². The van der Waals surface area contributed by atoms with Crippen LogP contribution in [-0.2, 0) is 20.8 Å². The van der Waals surface area contributed by atoms with Crippen LogP contribution in [0.4, 0.5) is 15.8 Å². The van der Waals surface area contributed by atoms with Crippen molar-refractivity contribution in [3.8, 4) is 17.4 Å².